The van der Waals surface area contributed by atoms with E-state index in [2.05, 4.69) is 17.1 Å². The molecule has 17 heavy (non-hydrogen) atoms. The first-order valence-electron chi connectivity index (χ1n) is 7.29. The molecule has 3 heteroatoms. The summed E-state index contributed by atoms with van der Waals surface area (Å²) in [4.78, 5) is 14.4. The van der Waals surface area contributed by atoms with Gasteiger partial charge in [0.1, 0.15) is 0 Å². The molecule has 0 aromatic heterocycles. The first-order chi connectivity index (χ1) is 8.27. The van der Waals surface area contributed by atoms with Gasteiger partial charge in [-0.05, 0) is 39.2 Å². The molecule has 1 aliphatic carbocycles. The molecule has 0 aromatic carbocycles. The highest BCUT2D eigenvalue weighted by Gasteiger charge is 2.23. The van der Waals surface area contributed by atoms with Crippen LogP contribution in [0.15, 0.2) is 0 Å². The Hall–Kier alpha value is -0.570. The number of rotatable bonds is 4. The van der Waals surface area contributed by atoms with Gasteiger partial charge in [-0.15, -0.1) is 0 Å². The highest BCUT2D eigenvalue weighted by atomic mass is 16.1. The van der Waals surface area contributed by atoms with E-state index in [0.717, 1.165) is 25.9 Å². The Morgan fingerprint density at radius 3 is 2.59 bits per heavy atom. The highest BCUT2D eigenvalue weighted by Crippen LogP contribution is 2.24. The van der Waals surface area contributed by atoms with Crippen molar-refractivity contribution in [1.29, 1.82) is 0 Å². The second-order valence-corrected chi connectivity index (χ2v) is 5.65. The Morgan fingerprint density at radius 1 is 1.18 bits per heavy atom. The number of nitrogens with one attached hydrogen (secondary N) is 1. The Morgan fingerprint density at radius 2 is 1.88 bits per heavy atom. The van der Waals surface area contributed by atoms with Crippen LogP contribution in [0.4, 0.5) is 0 Å². The highest BCUT2D eigenvalue weighted by molar-refractivity contribution is 5.78. The first-order valence-corrected chi connectivity index (χ1v) is 7.29. The van der Waals surface area contributed by atoms with Gasteiger partial charge in [0.15, 0.2) is 0 Å². The minimum atomic E-state index is 0.298. The lowest BCUT2D eigenvalue weighted by Crippen LogP contribution is -2.43. The molecule has 1 saturated heterocycles. The summed E-state index contributed by atoms with van der Waals surface area (Å²) in [6, 6.07) is 0.701. The van der Waals surface area contributed by atoms with E-state index in [1.54, 1.807) is 0 Å². The van der Waals surface area contributed by atoms with E-state index in [4.69, 9.17) is 0 Å². The number of carbonyl (C=O) groups excluding carboxylic acids is 1. The number of carbonyl (C=O) groups is 1. The zero-order valence-corrected chi connectivity index (χ0v) is 11.1. The monoisotopic (exact) mass is 238 g/mol. The molecular weight excluding hydrogens is 212 g/mol. The fraction of sp³-hybridized carbons (Fsp3) is 0.929. The Labute approximate surface area is 105 Å². The van der Waals surface area contributed by atoms with Gasteiger partial charge in [-0.3, -0.25) is 9.69 Å². The van der Waals surface area contributed by atoms with Crippen LogP contribution in [-0.4, -0.2) is 36.5 Å². The Balaban J connectivity index is 1.63. The third kappa shape index (κ3) is 3.70. The van der Waals surface area contributed by atoms with E-state index in [1.165, 1.54) is 38.6 Å². The summed E-state index contributed by atoms with van der Waals surface area (Å²) in [7, 11) is 0. The lowest BCUT2D eigenvalue weighted by Gasteiger charge is -2.33. The van der Waals surface area contributed by atoms with Crippen LogP contribution in [0.3, 0.4) is 0 Å². The largest absolute Gasteiger partial charge is 0.355 e. The van der Waals surface area contributed by atoms with Crippen LogP contribution in [0, 0.1) is 5.92 Å². The fourth-order valence-corrected chi connectivity index (χ4v) is 3.14. The van der Waals surface area contributed by atoms with E-state index < -0.39 is 0 Å². The molecule has 1 heterocycles. The molecule has 0 bridgehead atoms. The summed E-state index contributed by atoms with van der Waals surface area (Å²) in [5.74, 6) is 0.612. The molecule has 1 atom stereocenters. The molecule has 98 valence electrons. The van der Waals surface area contributed by atoms with Crippen LogP contribution < -0.4 is 5.32 Å². The SMILES string of the molecule is C[C@H]1CCCCN1CCNC(=O)C1CCCC1. The molecule has 2 fully saturated rings. The maximum Gasteiger partial charge on any atom is 0.223 e. The summed E-state index contributed by atoms with van der Waals surface area (Å²) in [5.41, 5.74) is 0. The first kappa shape index (κ1) is 12.9. The van der Waals surface area contributed by atoms with E-state index in [0.29, 0.717) is 17.9 Å². The van der Waals surface area contributed by atoms with Gasteiger partial charge in [0, 0.05) is 25.0 Å². The fourth-order valence-electron chi connectivity index (χ4n) is 3.14. The van der Waals surface area contributed by atoms with E-state index in [-0.39, 0.29) is 0 Å². The molecule has 1 N–H and O–H groups in total. The minimum absolute atomic E-state index is 0.298. The lowest BCUT2D eigenvalue weighted by molar-refractivity contribution is -0.124. The van der Waals surface area contributed by atoms with Gasteiger partial charge in [-0.1, -0.05) is 19.3 Å². The summed E-state index contributed by atoms with van der Waals surface area (Å²) in [5, 5.41) is 3.11. The number of nitrogens with zero attached hydrogens (tertiary/aromatic N) is 1. The predicted octanol–water partition coefficient (Wildman–Crippen LogP) is 2.17. The van der Waals surface area contributed by atoms with Crippen molar-refractivity contribution in [3.63, 3.8) is 0 Å². The third-order valence-electron chi connectivity index (χ3n) is 4.36. The topological polar surface area (TPSA) is 32.3 Å². The molecule has 0 spiro atoms. The number of hydrogen-bond donors (Lipinski definition) is 1. The molecule has 1 aliphatic heterocycles. The lowest BCUT2D eigenvalue weighted by atomic mass is 10.0. The van der Waals surface area contributed by atoms with Gasteiger partial charge in [0.05, 0.1) is 0 Å². The normalized spacial score (nSPS) is 27.2. The van der Waals surface area contributed by atoms with Crippen molar-refractivity contribution in [2.24, 2.45) is 5.92 Å². The van der Waals surface area contributed by atoms with Gasteiger partial charge < -0.3 is 5.32 Å². The smallest absolute Gasteiger partial charge is 0.223 e. The van der Waals surface area contributed by atoms with Crippen LogP contribution >= 0.6 is 0 Å². The summed E-state index contributed by atoms with van der Waals surface area (Å²) < 4.78 is 0. The quantitative estimate of drug-likeness (QED) is 0.814. The maximum absolute atomic E-state index is 11.8. The van der Waals surface area contributed by atoms with Gasteiger partial charge in [0.2, 0.25) is 5.91 Å². The molecule has 0 aromatic rings. The molecule has 1 saturated carbocycles. The summed E-state index contributed by atoms with van der Waals surface area (Å²) >= 11 is 0. The maximum atomic E-state index is 11.8. The average molecular weight is 238 g/mol. The Bertz CT molecular complexity index is 249. The molecular formula is C14H26N2O. The van der Waals surface area contributed by atoms with Gasteiger partial charge in [0.25, 0.3) is 0 Å². The van der Waals surface area contributed by atoms with Crippen molar-refractivity contribution in [3.05, 3.63) is 0 Å². The van der Waals surface area contributed by atoms with E-state index in [1.807, 2.05) is 0 Å². The van der Waals surface area contributed by atoms with Crippen molar-refractivity contribution in [1.82, 2.24) is 10.2 Å². The van der Waals surface area contributed by atoms with Gasteiger partial charge >= 0.3 is 0 Å². The standard InChI is InChI=1S/C14H26N2O/c1-12-6-4-5-10-16(12)11-9-15-14(17)13-7-2-3-8-13/h12-13H,2-11H2,1H3,(H,15,17)/t12-/m0/s1. The van der Waals surface area contributed by atoms with Crippen LogP contribution in [-0.2, 0) is 4.79 Å². The van der Waals surface area contributed by atoms with Crippen molar-refractivity contribution in [3.8, 4) is 0 Å². The number of piperidine rings is 1. The molecule has 1 amide bonds. The predicted molar refractivity (Wildman–Crippen MR) is 69.9 cm³/mol. The van der Waals surface area contributed by atoms with Gasteiger partial charge in [-0.2, -0.15) is 0 Å². The van der Waals surface area contributed by atoms with E-state index in [9.17, 15) is 4.79 Å². The van der Waals surface area contributed by atoms with Crippen LogP contribution in [0.2, 0.25) is 0 Å². The molecule has 0 unspecified atom stereocenters. The average Bonchev–Trinajstić information content (AvgIpc) is 2.85. The second kappa shape index (κ2) is 6.39. The van der Waals surface area contributed by atoms with Crippen LogP contribution in [0.25, 0.3) is 0 Å². The zero-order valence-electron chi connectivity index (χ0n) is 11.1. The minimum Gasteiger partial charge on any atom is -0.355 e. The third-order valence-corrected chi connectivity index (χ3v) is 4.36. The van der Waals surface area contributed by atoms with Crippen molar-refractivity contribution in [2.75, 3.05) is 19.6 Å². The van der Waals surface area contributed by atoms with Crippen molar-refractivity contribution < 1.29 is 4.79 Å². The number of amides is 1. The molecule has 3 nitrogen and oxygen atoms in total. The number of likely N-dealkylation sites (tertiary alicyclic amines) is 1. The summed E-state index contributed by atoms with van der Waals surface area (Å²) in [6.07, 6.45) is 8.68. The van der Waals surface area contributed by atoms with Crippen LogP contribution in [0.5, 0.6) is 0 Å². The van der Waals surface area contributed by atoms with Crippen molar-refractivity contribution >= 4 is 5.91 Å². The summed E-state index contributed by atoms with van der Waals surface area (Å²) in [6.45, 7) is 5.37. The van der Waals surface area contributed by atoms with E-state index >= 15 is 0 Å². The molecule has 0 radical (unpaired) electrons. The molecule has 2 rings (SSSR count). The van der Waals surface area contributed by atoms with Gasteiger partial charge in [-0.25, -0.2) is 0 Å². The van der Waals surface area contributed by atoms with Crippen LogP contribution in [0.1, 0.15) is 51.9 Å². The number of hydrogen-bond acceptors (Lipinski definition) is 2. The molecule has 2 aliphatic rings. The Kier molecular flexibility index (Phi) is 4.84. The second-order valence-electron chi connectivity index (χ2n) is 5.65. The van der Waals surface area contributed by atoms with Crippen molar-refractivity contribution in [2.45, 2.75) is 57.9 Å². The zero-order chi connectivity index (χ0) is 12.1.